The second kappa shape index (κ2) is 63.4. The summed E-state index contributed by atoms with van der Waals surface area (Å²) >= 11 is 17.3. The molecule has 0 radical (unpaired) electrons. The van der Waals surface area contributed by atoms with Gasteiger partial charge in [-0.2, -0.15) is 4.99 Å². The third-order valence-corrected chi connectivity index (χ3v) is 19.4. The van der Waals surface area contributed by atoms with Crippen LogP contribution in [0.3, 0.4) is 0 Å². The average Bonchev–Trinajstić information content (AvgIpc) is 1.40. The van der Waals surface area contributed by atoms with E-state index in [0.717, 1.165) is 65.4 Å². The zero-order valence-electron chi connectivity index (χ0n) is 66.1. The van der Waals surface area contributed by atoms with Crippen molar-refractivity contribution in [1.82, 2.24) is 71.5 Å². The molecule has 5 heterocycles. The number of alkyl carbamates (subject to hydrolysis) is 1. The van der Waals surface area contributed by atoms with Crippen LogP contribution >= 0.6 is 155 Å². The molecule has 632 valence electrons. The van der Waals surface area contributed by atoms with E-state index in [2.05, 4.69) is 146 Å². The Labute approximate surface area is 756 Å². The number of thiazole rings is 5. The standard InChI is InChI=1S/C35H44N6O4S2.C13H21N3O3S.C12H19N3O3S.C7H11NO3.C6H10N2S.CH4.I3.I2.HI/c1-24(2)32(40-34(43)41(4)20-30-22-46-25(3)37-30)33(42)38-28(17-26-11-7-5-8-12-26)15-16-29(18-27-13-9-6-10-14-27)39-35(44)45-21-31-19-36-23-47-31;1-8(2)11(12(17)19-5)15-13(18)16(4)6-10-7-20-9(3)14-10;1-7(2)10(11(16)17)14-12(18)15(4)5-9-6-19-8(3)13-9;1-5(2)6(8-4-9)7(10)11-3;1-5-8-6(3-7-2)4-9-5;;1-3-2;1-2;/h5-14,19,22-24,28-29,32H,15-18,20-21H2,1-4H3,(H,38,42)(H,39,44)(H,40,43);7-8,11H,6H2,1-5H3,(H,15,18);6-7,10H,5H2,1-4H3,(H,14,18)(H,16,17);5-6H,1-3H3;4,7H,3H2,1-2H3;1H4;;;1H/q;;;;;;-1;;/t28-,29-,32+;11-;10-;6-;;;;;/m1000...../s1. The van der Waals surface area contributed by atoms with E-state index >= 15 is 0 Å². The van der Waals surface area contributed by atoms with Gasteiger partial charge < -0.3 is 65.9 Å². The number of methoxy groups -OCH3 is 2. The number of hydrogen-bond acceptors (Lipinski definition) is 24. The quantitative estimate of drug-likeness (QED) is 0.00698. The Morgan fingerprint density at radius 3 is 1.25 bits per heavy atom. The number of carbonyl (C=O) groups excluding carboxylic acids is 8. The number of nitrogens with one attached hydrogen (secondary N) is 6. The molecule has 0 aliphatic heterocycles. The second-order valence-electron chi connectivity index (χ2n) is 25.9. The van der Waals surface area contributed by atoms with Crippen molar-refractivity contribution < 1.29 is 75.7 Å². The van der Waals surface area contributed by atoms with Gasteiger partial charge in [0.1, 0.15) is 24.7 Å². The fraction of sp³-hybridized carbons (Fsp3) is 0.514. The average molecular weight is 2340 g/mol. The number of benzene rings is 2. The van der Waals surface area contributed by atoms with Gasteiger partial charge in [-0.25, -0.2) is 58.3 Å². The van der Waals surface area contributed by atoms with E-state index in [-0.39, 0.29) is 91.7 Å². The van der Waals surface area contributed by atoms with Gasteiger partial charge >= 0.3 is 92.6 Å². The molecule has 0 saturated carbocycles. The number of isocyanates is 1. The van der Waals surface area contributed by atoms with Crippen molar-refractivity contribution in [2.75, 3.05) is 42.4 Å². The molecule has 8 amide bonds. The van der Waals surface area contributed by atoms with Crippen LogP contribution in [0.25, 0.3) is 0 Å². The van der Waals surface area contributed by atoms with E-state index in [4.69, 9.17) is 14.6 Å². The summed E-state index contributed by atoms with van der Waals surface area (Å²) in [5.74, 6) is -2.60. The Kier molecular flexibility index (Phi) is 61.9. The molecular weight excluding hydrogens is 2230 g/mol. The van der Waals surface area contributed by atoms with Crippen LogP contribution in [0.4, 0.5) is 19.2 Å². The minimum absolute atomic E-state index is 0. The molecule has 0 bridgehead atoms. The molecule has 0 unspecified atom stereocenters. The number of urea groups is 3. The van der Waals surface area contributed by atoms with Crippen molar-refractivity contribution in [2.45, 2.75) is 185 Å². The molecule has 7 N–H and O–H groups in total. The summed E-state index contributed by atoms with van der Waals surface area (Å²) in [6, 6.07) is 15.4. The van der Waals surface area contributed by atoms with Crippen LogP contribution in [0.15, 0.2) is 98.9 Å². The number of aryl methyl sites for hydroxylation is 4. The number of aliphatic carboxylic acids is 1. The first-order valence-corrected chi connectivity index (χ1v) is 57.9. The number of rotatable bonds is 31. The van der Waals surface area contributed by atoms with Crippen LogP contribution in [0.1, 0.15) is 134 Å². The molecule has 113 heavy (non-hydrogen) atoms. The summed E-state index contributed by atoms with van der Waals surface area (Å²) in [4.78, 5) is 137. The molecule has 39 heteroatoms. The molecule has 6 atom stereocenters. The molecule has 5 aromatic heterocycles. The number of aliphatic imine (C=N–C) groups is 1. The first kappa shape index (κ1) is 110. The van der Waals surface area contributed by atoms with Gasteiger partial charge in [-0.1, -0.05) is 123 Å². The first-order chi connectivity index (χ1) is 52.7. The number of carbonyl (C=O) groups is 8. The van der Waals surface area contributed by atoms with Gasteiger partial charge in [0, 0.05) is 105 Å². The van der Waals surface area contributed by atoms with Crippen LogP contribution in [-0.2, 0) is 83.8 Å². The molecule has 7 rings (SSSR count). The third-order valence-electron chi connectivity index (χ3n) is 15.4. The topological polar surface area (TPSA) is 360 Å². The zero-order chi connectivity index (χ0) is 83.7. The maximum absolute atomic E-state index is 13.8. The molecule has 0 fully saturated rings. The first-order valence-electron chi connectivity index (χ1n) is 34.7. The summed E-state index contributed by atoms with van der Waals surface area (Å²) in [6.45, 7) is 24.5. The van der Waals surface area contributed by atoms with E-state index in [0.29, 0.717) is 58.6 Å². The summed E-state index contributed by atoms with van der Waals surface area (Å²) in [7, 11) is 9.47. The van der Waals surface area contributed by atoms with E-state index in [1.165, 1.54) is 69.0 Å². The minimum atomic E-state index is -1.03. The predicted octanol–water partition coefficient (Wildman–Crippen LogP) is 13.1. The molecule has 28 nitrogen and oxygen atoms in total. The number of esters is 2. The predicted molar refractivity (Wildman–Crippen MR) is 493 cm³/mol. The van der Waals surface area contributed by atoms with Gasteiger partial charge in [0.15, 0.2) is 6.04 Å². The van der Waals surface area contributed by atoms with E-state index in [1.54, 1.807) is 83.2 Å². The summed E-state index contributed by atoms with van der Waals surface area (Å²) < 4.78 is 14.6. The fourth-order valence-electron chi connectivity index (χ4n) is 9.71. The Hall–Kier alpha value is -4.73. The fourth-order valence-corrected chi connectivity index (χ4v) is 12.6. The number of carboxylic acid groups (broad SMARTS) is 1. The number of carboxylic acids is 1. The number of nitrogens with zero attached hydrogens (tertiary/aromatic N) is 9. The zero-order valence-corrected chi connectivity index (χ0v) is 83.3. The SMILES string of the molecule is C.CNCc1csc(C)n1.COC(=O)[C@@H](N=C=O)C(C)C.COC(=O)[C@@H](NC(=O)N(C)Cc1csc(C)n1)C(C)C.Cc1nc(CN(C)C(=O)N[C@H](C(=O)N[C@H](CC[C@H](Cc2ccccc2)NC(=O)OCc2cncs2)Cc2ccccc2)C(C)C)cs1.Cc1nc(CN(C)C(=O)N[C@H](C(=O)O)C(C)C)cs1.I.II.I[I-]I. The Balaban J connectivity index is 0. The summed E-state index contributed by atoms with van der Waals surface area (Å²) in [6.07, 6.45) is 4.92. The number of halogens is 6. The van der Waals surface area contributed by atoms with Gasteiger partial charge in [-0.3, -0.25) is 9.78 Å². The molecular formula is C74H110I6N15O13S5-. The Morgan fingerprint density at radius 2 is 0.929 bits per heavy atom. The van der Waals surface area contributed by atoms with Crippen molar-refractivity contribution in [1.29, 1.82) is 0 Å². The van der Waals surface area contributed by atoms with E-state index in [1.807, 2.05) is 139 Å². The van der Waals surface area contributed by atoms with E-state index < -0.39 is 54.2 Å². The van der Waals surface area contributed by atoms with Crippen LogP contribution < -0.4 is 45.2 Å². The van der Waals surface area contributed by atoms with E-state index in [9.17, 15) is 43.2 Å². The van der Waals surface area contributed by atoms with Crippen LogP contribution in [-0.4, -0.2) is 177 Å². The normalized spacial score (nSPS) is 11.8. The van der Waals surface area contributed by atoms with Gasteiger partial charge in [0.2, 0.25) is 12.0 Å². The molecule has 7 aromatic rings. The summed E-state index contributed by atoms with van der Waals surface area (Å²) in [5, 5.41) is 38.2. The van der Waals surface area contributed by atoms with Crippen LogP contribution in [0.2, 0.25) is 0 Å². The Bertz CT molecular complexity index is 3860. The maximum atomic E-state index is 13.8. The second-order valence-corrected chi connectivity index (χ2v) is 47.4. The van der Waals surface area contributed by atoms with Crippen LogP contribution in [0.5, 0.6) is 0 Å². The van der Waals surface area contributed by atoms with Gasteiger partial charge in [0.25, 0.3) is 0 Å². The van der Waals surface area contributed by atoms with Crippen molar-refractivity contribution in [2.24, 2.45) is 28.7 Å². The van der Waals surface area contributed by atoms with Gasteiger partial charge in [-0.15, -0.1) is 80.7 Å². The monoisotopic (exact) mass is 2340 g/mol. The number of amides is 8. The van der Waals surface area contributed by atoms with Gasteiger partial charge in [0.05, 0.1) is 87.0 Å². The number of aromatic nitrogens is 5. The van der Waals surface area contributed by atoms with Crippen molar-refractivity contribution in [3.8, 4) is 0 Å². The molecule has 0 spiro atoms. The summed E-state index contributed by atoms with van der Waals surface area (Å²) in [5.41, 5.74) is 7.46. The number of ether oxygens (including phenoxy) is 3. The Morgan fingerprint density at radius 1 is 0.558 bits per heavy atom. The van der Waals surface area contributed by atoms with Crippen molar-refractivity contribution in [3.63, 3.8) is 0 Å². The van der Waals surface area contributed by atoms with Crippen molar-refractivity contribution >= 4 is 209 Å². The molecule has 0 saturated heterocycles. The van der Waals surface area contributed by atoms with Crippen molar-refractivity contribution in [3.05, 3.63) is 153 Å². The van der Waals surface area contributed by atoms with Gasteiger partial charge in [-0.05, 0) is 95.2 Å². The molecule has 0 aliphatic carbocycles. The third kappa shape index (κ3) is 47.5. The number of hydrogen-bond donors (Lipinski definition) is 7. The van der Waals surface area contributed by atoms with Crippen LogP contribution in [0, 0.1) is 51.4 Å². The molecule has 0 aliphatic rings. The molecule has 2 aromatic carbocycles.